The van der Waals surface area contributed by atoms with E-state index in [1.165, 1.54) is 25.0 Å². The van der Waals surface area contributed by atoms with Gasteiger partial charge < -0.3 is 4.90 Å². The van der Waals surface area contributed by atoms with Crippen LogP contribution in [0.4, 0.5) is 0 Å². The molecule has 0 bridgehead atoms. The molecule has 0 rings (SSSR count). The number of hydroxylamine groups is 1. The lowest BCUT2D eigenvalue weighted by Gasteiger charge is -2.23. The minimum atomic E-state index is 0.181. The van der Waals surface area contributed by atoms with E-state index < -0.39 is 0 Å². The number of carbonyl (C=O) groups excluding carboxylic acids is 1. The Bertz CT molecular complexity index is 108. The Balaban J connectivity index is 0. The van der Waals surface area contributed by atoms with Gasteiger partial charge in [-0.25, -0.2) is 5.48 Å². The Labute approximate surface area is 80.9 Å². The van der Waals surface area contributed by atoms with Gasteiger partial charge in [-0.1, -0.05) is 13.8 Å². The van der Waals surface area contributed by atoms with Crippen molar-refractivity contribution in [2.45, 2.75) is 40.2 Å². The molecule has 0 aliphatic carbocycles. The summed E-state index contributed by atoms with van der Waals surface area (Å²) in [5.41, 5.74) is 1.25. The van der Waals surface area contributed by atoms with E-state index in [4.69, 9.17) is 10.0 Å². The number of nitrogens with zero attached hydrogens (tertiary/aromatic N) is 1. The molecule has 2 N–H and O–H groups in total. The Morgan fingerprint density at radius 1 is 1.46 bits per heavy atom. The Morgan fingerprint density at radius 3 is 2.00 bits per heavy atom. The van der Waals surface area contributed by atoms with Crippen LogP contribution in [0.1, 0.15) is 34.1 Å². The van der Waals surface area contributed by atoms with Gasteiger partial charge in [0.2, 0.25) is 6.41 Å². The van der Waals surface area contributed by atoms with Crippen LogP contribution in [0, 0.1) is 0 Å². The molecule has 0 aliphatic heterocycles. The predicted octanol–water partition coefficient (Wildman–Crippen LogP) is 1.25. The van der Waals surface area contributed by atoms with E-state index in [0.29, 0.717) is 0 Å². The van der Waals surface area contributed by atoms with Gasteiger partial charge >= 0.3 is 0 Å². The van der Waals surface area contributed by atoms with Crippen LogP contribution in [-0.2, 0) is 4.79 Å². The summed E-state index contributed by atoms with van der Waals surface area (Å²) in [4.78, 5) is 11.3. The third-order valence-corrected chi connectivity index (χ3v) is 1.70. The zero-order valence-corrected chi connectivity index (χ0v) is 9.08. The van der Waals surface area contributed by atoms with E-state index in [1.807, 2.05) is 0 Å². The lowest BCUT2D eigenvalue weighted by atomic mass is 10.3. The fraction of sp³-hybridized carbons (Fsp3) is 0.889. The van der Waals surface area contributed by atoms with Crippen LogP contribution in [0.3, 0.4) is 0 Å². The van der Waals surface area contributed by atoms with Gasteiger partial charge in [0.15, 0.2) is 0 Å². The number of hydrogen-bond acceptors (Lipinski definition) is 3. The van der Waals surface area contributed by atoms with E-state index in [-0.39, 0.29) is 6.41 Å². The molecular formula is C9H22N2O2. The van der Waals surface area contributed by atoms with Crippen LogP contribution in [0.5, 0.6) is 0 Å². The molecule has 13 heavy (non-hydrogen) atoms. The molecule has 0 aromatic carbocycles. The molecule has 0 fully saturated rings. The van der Waals surface area contributed by atoms with Crippen LogP contribution in [-0.4, -0.2) is 35.6 Å². The minimum absolute atomic E-state index is 0.181. The maximum atomic E-state index is 8.81. The van der Waals surface area contributed by atoms with Crippen molar-refractivity contribution in [2.24, 2.45) is 0 Å². The quantitative estimate of drug-likeness (QED) is 0.390. The molecule has 0 spiro atoms. The van der Waals surface area contributed by atoms with Gasteiger partial charge in [-0.15, -0.1) is 0 Å². The first-order chi connectivity index (χ1) is 6.13. The van der Waals surface area contributed by atoms with Gasteiger partial charge in [0.25, 0.3) is 0 Å². The van der Waals surface area contributed by atoms with E-state index in [2.05, 4.69) is 32.6 Å². The lowest BCUT2D eigenvalue weighted by Crippen LogP contribution is -2.31. The SMILES string of the molecule is CCCN(CC)C(C)C.O=CNO. The molecule has 80 valence electrons. The number of rotatable bonds is 5. The Kier molecular flexibility index (Phi) is 13.0. The van der Waals surface area contributed by atoms with Crippen LogP contribution < -0.4 is 5.48 Å². The van der Waals surface area contributed by atoms with Crippen molar-refractivity contribution in [3.8, 4) is 0 Å². The van der Waals surface area contributed by atoms with Gasteiger partial charge in [-0.3, -0.25) is 10.0 Å². The molecule has 0 heterocycles. The van der Waals surface area contributed by atoms with Crippen LogP contribution >= 0.6 is 0 Å². The molecule has 0 aromatic rings. The molecule has 0 saturated carbocycles. The van der Waals surface area contributed by atoms with E-state index in [1.54, 1.807) is 0 Å². The van der Waals surface area contributed by atoms with Gasteiger partial charge in [-0.05, 0) is 33.4 Å². The average Bonchev–Trinajstić information content (AvgIpc) is 2.14. The highest BCUT2D eigenvalue weighted by atomic mass is 16.5. The largest absolute Gasteiger partial charge is 0.301 e. The molecule has 0 unspecified atom stereocenters. The minimum Gasteiger partial charge on any atom is -0.301 e. The summed E-state index contributed by atoms with van der Waals surface area (Å²) >= 11 is 0. The molecule has 0 aliphatic rings. The summed E-state index contributed by atoms with van der Waals surface area (Å²) in [5.74, 6) is 0. The van der Waals surface area contributed by atoms with Crippen molar-refractivity contribution in [1.29, 1.82) is 0 Å². The summed E-state index contributed by atoms with van der Waals surface area (Å²) in [5, 5.41) is 7.26. The summed E-state index contributed by atoms with van der Waals surface area (Å²) in [6, 6.07) is 0.718. The van der Waals surface area contributed by atoms with E-state index >= 15 is 0 Å². The Morgan fingerprint density at radius 2 is 1.92 bits per heavy atom. The van der Waals surface area contributed by atoms with Crippen molar-refractivity contribution in [3.05, 3.63) is 0 Å². The topological polar surface area (TPSA) is 52.6 Å². The van der Waals surface area contributed by atoms with Gasteiger partial charge in [-0.2, -0.15) is 0 Å². The van der Waals surface area contributed by atoms with Crippen molar-refractivity contribution in [3.63, 3.8) is 0 Å². The molecular weight excluding hydrogens is 168 g/mol. The third kappa shape index (κ3) is 11.4. The second-order valence-corrected chi connectivity index (χ2v) is 2.97. The monoisotopic (exact) mass is 190 g/mol. The van der Waals surface area contributed by atoms with Gasteiger partial charge in [0.05, 0.1) is 0 Å². The first-order valence-corrected chi connectivity index (χ1v) is 4.71. The number of carbonyl (C=O) groups is 1. The first-order valence-electron chi connectivity index (χ1n) is 4.71. The second kappa shape index (κ2) is 11.4. The van der Waals surface area contributed by atoms with Crippen LogP contribution in [0.2, 0.25) is 0 Å². The summed E-state index contributed by atoms with van der Waals surface area (Å²) in [6.07, 6.45) is 1.45. The van der Waals surface area contributed by atoms with Crippen LogP contribution in [0.15, 0.2) is 0 Å². The Hall–Kier alpha value is -0.610. The molecule has 0 radical (unpaired) electrons. The van der Waals surface area contributed by atoms with Gasteiger partial charge in [0.1, 0.15) is 0 Å². The fourth-order valence-corrected chi connectivity index (χ4v) is 1.07. The molecule has 0 atom stereocenters. The molecule has 4 nitrogen and oxygen atoms in total. The second-order valence-electron chi connectivity index (χ2n) is 2.97. The van der Waals surface area contributed by atoms with Crippen molar-refractivity contribution in [1.82, 2.24) is 10.4 Å². The zero-order valence-electron chi connectivity index (χ0n) is 9.08. The number of hydrogen-bond donors (Lipinski definition) is 2. The maximum Gasteiger partial charge on any atom is 0.230 e. The molecule has 4 heteroatoms. The molecule has 0 saturated heterocycles. The highest BCUT2D eigenvalue weighted by Crippen LogP contribution is 1.97. The maximum absolute atomic E-state index is 8.81. The summed E-state index contributed by atoms with van der Waals surface area (Å²) < 4.78 is 0. The standard InChI is InChI=1S/C8H19N.CH3NO2/c1-5-7-9(6-2)8(3)4;3-1-2-4/h8H,5-7H2,1-4H3;1,4H,(H,2,3). The number of amides is 1. The smallest absolute Gasteiger partial charge is 0.230 e. The van der Waals surface area contributed by atoms with E-state index in [9.17, 15) is 0 Å². The fourth-order valence-electron chi connectivity index (χ4n) is 1.07. The van der Waals surface area contributed by atoms with Gasteiger partial charge in [0, 0.05) is 6.04 Å². The molecule has 1 amide bonds. The zero-order chi connectivity index (χ0) is 10.7. The highest BCUT2D eigenvalue weighted by molar-refractivity contribution is 5.43. The average molecular weight is 190 g/mol. The first kappa shape index (κ1) is 14.9. The predicted molar refractivity (Wildman–Crippen MR) is 53.7 cm³/mol. The summed E-state index contributed by atoms with van der Waals surface area (Å²) in [6.45, 7) is 11.4. The van der Waals surface area contributed by atoms with Crippen LogP contribution in [0.25, 0.3) is 0 Å². The van der Waals surface area contributed by atoms with Crippen molar-refractivity contribution < 1.29 is 10.0 Å². The third-order valence-electron chi connectivity index (χ3n) is 1.70. The molecule has 0 aromatic heterocycles. The number of nitrogens with one attached hydrogen (secondary N) is 1. The van der Waals surface area contributed by atoms with Crippen molar-refractivity contribution in [2.75, 3.05) is 13.1 Å². The normalized spacial score (nSPS) is 9.46. The summed E-state index contributed by atoms with van der Waals surface area (Å²) in [7, 11) is 0. The lowest BCUT2D eigenvalue weighted by molar-refractivity contribution is -0.116. The van der Waals surface area contributed by atoms with Crippen molar-refractivity contribution >= 4 is 6.41 Å². The highest BCUT2D eigenvalue weighted by Gasteiger charge is 2.02. The van der Waals surface area contributed by atoms with E-state index in [0.717, 1.165) is 6.04 Å².